The van der Waals surface area contributed by atoms with Gasteiger partial charge in [0.05, 0.1) is 18.0 Å². The Bertz CT molecular complexity index is 547. The zero-order valence-electron chi connectivity index (χ0n) is 8.74. The summed E-state index contributed by atoms with van der Waals surface area (Å²) in [6, 6.07) is 8.04. The second-order valence-electron chi connectivity index (χ2n) is 3.37. The van der Waals surface area contributed by atoms with Gasteiger partial charge >= 0.3 is 0 Å². The molecule has 0 radical (unpaired) electrons. The lowest BCUT2D eigenvalue weighted by atomic mass is 10.3. The highest BCUT2D eigenvalue weighted by molar-refractivity contribution is 7.71. The van der Waals surface area contributed by atoms with E-state index < -0.39 is 0 Å². The number of H-pyrrole nitrogens is 1. The summed E-state index contributed by atoms with van der Waals surface area (Å²) in [4.78, 5) is 0. The minimum atomic E-state index is -0.290. The van der Waals surface area contributed by atoms with Crippen LogP contribution in [0.5, 0.6) is 0 Å². The van der Waals surface area contributed by atoms with Gasteiger partial charge in [0.2, 0.25) is 0 Å². The molecule has 0 amide bonds. The van der Waals surface area contributed by atoms with E-state index in [-0.39, 0.29) is 5.82 Å². The van der Waals surface area contributed by atoms with E-state index in [0.717, 1.165) is 5.69 Å². The number of ether oxygens (including phenoxy) is 1. The molecule has 0 saturated carbocycles. The Labute approximate surface area is 97.5 Å². The molecular formula is C11H11FN2OS. The van der Waals surface area contributed by atoms with E-state index in [4.69, 9.17) is 17.0 Å². The van der Waals surface area contributed by atoms with Crippen LogP contribution in [0.1, 0.15) is 5.69 Å². The SMILES string of the molecule is COCc1cc(=S)n(-c2cccc(F)c2)[nH]1. The number of benzene rings is 1. The first-order chi connectivity index (χ1) is 7.70. The van der Waals surface area contributed by atoms with Gasteiger partial charge < -0.3 is 4.74 Å². The van der Waals surface area contributed by atoms with Crippen molar-refractivity contribution in [2.75, 3.05) is 7.11 Å². The maximum Gasteiger partial charge on any atom is 0.128 e. The van der Waals surface area contributed by atoms with Gasteiger partial charge in [-0.3, -0.25) is 5.10 Å². The van der Waals surface area contributed by atoms with Crippen molar-refractivity contribution in [3.63, 3.8) is 0 Å². The topological polar surface area (TPSA) is 29.9 Å². The molecule has 0 bridgehead atoms. The minimum Gasteiger partial charge on any atom is -0.378 e. The van der Waals surface area contributed by atoms with E-state index in [9.17, 15) is 4.39 Å². The van der Waals surface area contributed by atoms with Crippen molar-refractivity contribution in [2.45, 2.75) is 6.61 Å². The van der Waals surface area contributed by atoms with Gasteiger partial charge in [-0.25, -0.2) is 9.07 Å². The lowest BCUT2D eigenvalue weighted by molar-refractivity contribution is 0.181. The highest BCUT2D eigenvalue weighted by atomic mass is 32.1. The fourth-order valence-electron chi connectivity index (χ4n) is 1.48. The Morgan fingerprint density at radius 1 is 1.44 bits per heavy atom. The van der Waals surface area contributed by atoms with Gasteiger partial charge in [-0.15, -0.1) is 0 Å². The highest BCUT2D eigenvalue weighted by Gasteiger charge is 2.03. The molecule has 5 heteroatoms. The number of hydrogen-bond acceptors (Lipinski definition) is 2. The molecule has 0 unspecified atom stereocenters. The lowest BCUT2D eigenvalue weighted by Gasteiger charge is -2.02. The molecule has 2 rings (SSSR count). The van der Waals surface area contributed by atoms with E-state index in [2.05, 4.69) is 5.10 Å². The van der Waals surface area contributed by atoms with Crippen LogP contribution in [0.3, 0.4) is 0 Å². The van der Waals surface area contributed by atoms with Crippen molar-refractivity contribution in [3.05, 3.63) is 46.5 Å². The third-order valence-electron chi connectivity index (χ3n) is 2.14. The number of methoxy groups -OCH3 is 1. The molecule has 0 aliphatic rings. The van der Waals surface area contributed by atoms with Gasteiger partial charge in [-0.05, 0) is 24.3 Å². The first-order valence-electron chi connectivity index (χ1n) is 4.76. The number of nitrogens with one attached hydrogen (secondary N) is 1. The second-order valence-corrected chi connectivity index (χ2v) is 3.79. The summed E-state index contributed by atoms with van der Waals surface area (Å²) >= 11 is 5.17. The first-order valence-corrected chi connectivity index (χ1v) is 5.17. The number of aromatic amines is 1. The van der Waals surface area contributed by atoms with Crippen molar-refractivity contribution in [2.24, 2.45) is 0 Å². The fraction of sp³-hybridized carbons (Fsp3) is 0.182. The van der Waals surface area contributed by atoms with E-state index in [0.29, 0.717) is 16.9 Å². The van der Waals surface area contributed by atoms with Crippen molar-refractivity contribution >= 4 is 12.2 Å². The molecule has 1 aromatic heterocycles. The molecule has 84 valence electrons. The van der Waals surface area contributed by atoms with E-state index >= 15 is 0 Å². The Hall–Kier alpha value is -1.46. The Kier molecular flexibility index (Phi) is 3.17. The minimum absolute atomic E-state index is 0.290. The fourth-order valence-corrected chi connectivity index (χ4v) is 1.77. The zero-order valence-corrected chi connectivity index (χ0v) is 9.55. The summed E-state index contributed by atoms with van der Waals surface area (Å²) in [6.07, 6.45) is 0. The molecule has 1 aromatic carbocycles. The summed E-state index contributed by atoms with van der Waals surface area (Å²) in [5.41, 5.74) is 1.53. The third kappa shape index (κ3) is 2.20. The van der Waals surface area contributed by atoms with Crippen molar-refractivity contribution in [1.82, 2.24) is 9.78 Å². The molecule has 3 nitrogen and oxygen atoms in total. The molecule has 16 heavy (non-hydrogen) atoms. The largest absolute Gasteiger partial charge is 0.378 e. The predicted molar refractivity (Wildman–Crippen MR) is 61.6 cm³/mol. The van der Waals surface area contributed by atoms with Gasteiger partial charge in [-0.1, -0.05) is 18.3 Å². The first kappa shape index (κ1) is 11.0. The molecule has 0 aliphatic heterocycles. The van der Waals surface area contributed by atoms with Crippen LogP contribution in [-0.2, 0) is 11.3 Å². The quantitative estimate of drug-likeness (QED) is 0.833. The number of rotatable bonds is 3. The monoisotopic (exact) mass is 238 g/mol. The third-order valence-corrected chi connectivity index (χ3v) is 2.44. The van der Waals surface area contributed by atoms with Gasteiger partial charge in [-0.2, -0.15) is 0 Å². The smallest absolute Gasteiger partial charge is 0.128 e. The second kappa shape index (κ2) is 4.59. The maximum atomic E-state index is 13.1. The average molecular weight is 238 g/mol. The van der Waals surface area contributed by atoms with Gasteiger partial charge in [0.25, 0.3) is 0 Å². The molecule has 2 aromatic rings. The molecular weight excluding hydrogens is 227 g/mol. The van der Waals surface area contributed by atoms with Crippen LogP contribution in [0.4, 0.5) is 4.39 Å². The molecule has 0 aliphatic carbocycles. The number of aromatic nitrogens is 2. The number of halogens is 1. The van der Waals surface area contributed by atoms with Crippen molar-refractivity contribution < 1.29 is 9.13 Å². The highest BCUT2D eigenvalue weighted by Crippen LogP contribution is 2.11. The Morgan fingerprint density at radius 2 is 2.25 bits per heavy atom. The van der Waals surface area contributed by atoms with E-state index in [1.807, 2.05) is 0 Å². The van der Waals surface area contributed by atoms with Gasteiger partial charge in [0.1, 0.15) is 10.5 Å². The number of nitrogens with zero attached hydrogens (tertiary/aromatic N) is 1. The van der Waals surface area contributed by atoms with Gasteiger partial charge in [0.15, 0.2) is 0 Å². The van der Waals surface area contributed by atoms with Crippen LogP contribution in [-0.4, -0.2) is 16.9 Å². The molecule has 0 saturated heterocycles. The summed E-state index contributed by atoms with van der Waals surface area (Å²) in [5, 5.41) is 3.05. The maximum absolute atomic E-state index is 13.1. The summed E-state index contributed by atoms with van der Waals surface area (Å²) in [6.45, 7) is 0.450. The summed E-state index contributed by atoms with van der Waals surface area (Å²) in [7, 11) is 1.61. The molecule has 1 N–H and O–H groups in total. The van der Waals surface area contributed by atoms with E-state index in [1.54, 1.807) is 30.0 Å². The molecule has 0 spiro atoms. The standard InChI is InChI=1S/C11H11FN2OS/c1-15-7-9-6-11(16)14(13-9)10-4-2-3-8(12)5-10/h2-6,13H,7H2,1H3. The normalized spacial score (nSPS) is 10.6. The number of hydrogen-bond donors (Lipinski definition) is 1. The van der Waals surface area contributed by atoms with Crippen LogP contribution in [0.15, 0.2) is 30.3 Å². The van der Waals surface area contributed by atoms with Crippen LogP contribution < -0.4 is 0 Å². The Morgan fingerprint density at radius 3 is 2.94 bits per heavy atom. The van der Waals surface area contributed by atoms with Crippen molar-refractivity contribution in [3.8, 4) is 5.69 Å². The molecule has 0 atom stereocenters. The average Bonchev–Trinajstić information content (AvgIpc) is 2.60. The predicted octanol–water partition coefficient (Wildman–Crippen LogP) is 2.82. The van der Waals surface area contributed by atoms with Gasteiger partial charge in [0, 0.05) is 7.11 Å². The summed E-state index contributed by atoms with van der Waals surface area (Å²) < 4.78 is 20.3. The Balaban J connectivity index is 2.44. The van der Waals surface area contributed by atoms with Crippen LogP contribution in [0.2, 0.25) is 0 Å². The van der Waals surface area contributed by atoms with Crippen LogP contribution in [0, 0.1) is 10.5 Å². The molecule has 0 fully saturated rings. The van der Waals surface area contributed by atoms with Crippen LogP contribution in [0.25, 0.3) is 5.69 Å². The van der Waals surface area contributed by atoms with E-state index in [1.165, 1.54) is 12.1 Å². The summed E-state index contributed by atoms with van der Waals surface area (Å²) in [5.74, 6) is -0.290. The lowest BCUT2D eigenvalue weighted by Crippen LogP contribution is -1.98. The molecule has 1 heterocycles. The van der Waals surface area contributed by atoms with Crippen molar-refractivity contribution in [1.29, 1.82) is 0 Å². The zero-order chi connectivity index (χ0) is 11.5. The van der Waals surface area contributed by atoms with Crippen LogP contribution >= 0.6 is 12.2 Å².